The molecule has 4 aliphatic heterocycles. The number of hydrogen-bond acceptors (Lipinski definition) is 15. The molecular formula is C52H54O15. The van der Waals surface area contributed by atoms with Crippen LogP contribution in [0.25, 0.3) is 0 Å². The Labute approximate surface area is 388 Å². The highest BCUT2D eigenvalue weighted by Gasteiger charge is 2.64. The van der Waals surface area contributed by atoms with Gasteiger partial charge in [0, 0.05) is 25.7 Å². The van der Waals surface area contributed by atoms with E-state index in [-0.39, 0.29) is 28.9 Å². The average Bonchev–Trinajstić information content (AvgIpc) is 4.04. The summed E-state index contributed by atoms with van der Waals surface area (Å²) in [5.41, 5.74) is 0.770. The van der Waals surface area contributed by atoms with Gasteiger partial charge in [0.05, 0.1) is 28.9 Å². The molecule has 0 amide bonds. The third-order valence-corrected chi connectivity index (χ3v) is 13.4. The van der Waals surface area contributed by atoms with Crippen molar-refractivity contribution in [3.8, 4) is 0 Å². The number of benzene rings is 4. The molecule has 4 heterocycles. The first kappa shape index (κ1) is 45.3. The molecule has 2 aliphatic carbocycles. The molecule has 0 aromatic heterocycles. The van der Waals surface area contributed by atoms with Gasteiger partial charge in [-0.25, -0.2) is 19.2 Å². The Hall–Kier alpha value is -5.52. The van der Waals surface area contributed by atoms with Gasteiger partial charge < -0.3 is 52.1 Å². The smallest absolute Gasteiger partial charge is 0.338 e. The minimum Gasteiger partial charge on any atom is -0.459 e. The molecule has 15 nitrogen and oxygen atoms in total. The van der Waals surface area contributed by atoms with Crippen molar-refractivity contribution < 1.29 is 71.3 Å². The van der Waals surface area contributed by atoms with E-state index in [1.165, 1.54) is 0 Å². The molecule has 10 rings (SSSR count). The van der Waals surface area contributed by atoms with Gasteiger partial charge in [-0.3, -0.25) is 0 Å². The summed E-state index contributed by atoms with van der Waals surface area (Å²) in [5, 5.41) is 0. The second-order valence-corrected chi connectivity index (χ2v) is 17.9. The van der Waals surface area contributed by atoms with E-state index in [1.807, 2.05) is 0 Å². The van der Waals surface area contributed by atoms with Crippen LogP contribution in [0.1, 0.15) is 106 Å². The van der Waals surface area contributed by atoms with Crippen LogP contribution in [0, 0.1) is 0 Å². The summed E-state index contributed by atoms with van der Waals surface area (Å²) in [6, 6.07) is 33.0. The van der Waals surface area contributed by atoms with E-state index >= 15 is 0 Å². The van der Waals surface area contributed by atoms with Gasteiger partial charge in [0.1, 0.15) is 37.1 Å². The molecule has 6 fully saturated rings. The van der Waals surface area contributed by atoms with E-state index < -0.39 is 103 Å². The molecule has 2 spiro atoms. The zero-order valence-electron chi connectivity index (χ0n) is 36.9. The molecule has 0 radical (unpaired) electrons. The molecule has 67 heavy (non-hydrogen) atoms. The average molecular weight is 919 g/mol. The second-order valence-electron chi connectivity index (χ2n) is 17.9. The lowest BCUT2D eigenvalue weighted by Gasteiger charge is -2.45. The SMILES string of the molecule is O=C(OC[C@@H]1O[C@@H](O[C@@H]2[C@H]3OC4(CCCCC4)O[C@H]3O[C@@H]2C2COC3(CCCCC3)O2)[C@H](OC(=O)c2ccccc2)[C@@H](OC(=O)c2ccccc2)[C@@H]1OC(=O)c1ccccc1)c1ccccc1. The van der Waals surface area contributed by atoms with Gasteiger partial charge in [0.15, 0.2) is 42.5 Å². The molecule has 0 N–H and O–H groups in total. The van der Waals surface area contributed by atoms with E-state index in [9.17, 15) is 19.2 Å². The Morgan fingerprint density at radius 2 is 0.955 bits per heavy atom. The standard InChI is InChI=1S/C52H54O15/c53-45(33-19-7-1-8-20-33)57-31-37-39(60-46(54)34-21-9-2-10-22-34)41(61-47(55)35-23-11-3-12-24-35)43(62-48(56)36-25-13-4-14-26-36)49(59-37)64-42-40(38-32-58-51(65-38)27-15-5-16-28-51)63-50-44(42)66-52(67-50)29-17-6-18-30-52/h1-4,7-14,19-26,37-44,49-50H,5-6,15-18,27-32H2/t37-,38?,39+,40+,41-,42-,43+,44+,49-,50+/m0/s1. The number of ether oxygens (including phenoxy) is 11. The third-order valence-electron chi connectivity index (χ3n) is 13.4. The van der Waals surface area contributed by atoms with Crippen LogP contribution in [0.15, 0.2) is 121 Å². The molecule has 4 aromatic carbocycles. The fourth-order valence-electron chi connectivity index (χ4n) is 10.0. The first-order valence-electron chi connectivity index (χ1n) is 23.4. The number of carbonyl (C=O) groups is 4. The van der Waals surface area contributed by atoms with Crippen LogP contribution < -0.4 is 0 Å². The zero-order chi connectivity index (χ0) is 45.8. The van der Waals surface area contributed by atoms with Crippen molar-refractivity contribution in [2.45, 2.75) is 137 Å². The normalized spacial score (nSPS) is 30.6. The van der Waals surface area contributed by atoms with Gasteiger partial charge in [-0.15, -0.1) is 0 Å². The quantitative estimate of drug-likeness (QED) is 0.101. The molecule has 0 bridgehead atoms. The molecular weight excluding hydrogens is 865 g/mol. The van der Waals surface area contributed by atoms with Crippen molar-refractivity contribution in [1.82, 2.24) is 0 Å². The van der Waals surface area contributed by atoms with Crippen molar-refractivity contribution in [3.63, 3.8) is 0 Å². The molecule has 10 atom stereocenters. The number of carbonyl (C=O) groups excluding carboxylic acids is 4. The van der Waals surface area contributed by atoms with E-state index in [0.29, 0.717) is 12.8 Å². The summed E-state index contributed by atoms with van der Waals surface area (Å²) >= 11 is 0. The Morgan fingerprint density at radius 3 is 1.49 bits per heavy atom. The Bertz CT molecular complexity index is 2320. The van der Waals surface area contributed by atoms with Crippen molar-refractivity contribution >= 4 is 23.9 Å². The Kier molecular flexibility index (Phi) is 13.5. The number of hydrogen-bond donors (Lipinski definition) is 0. The lowest BCUT2D eigenvalue weighted by molar-refractivity contribution is -0.325. The molecule has 15 heteroatoms. The lowest BCUT2D eigenvalue weighted by Crippen LogP contribution is -2.64. The Balaban J connectivity index is 1.05. The summed E-state index contributed by atoms with van der Waals surface area (Å²) in [7, 11) is 0. The van der Waals surface area contributed by atoms with Gasteiger partial charge in [0.2, 0.25) is 0 Å². The fourth-order valence-corrected chi connectivity index (χ4v) is 10.0. The maximum absolute atomic E-state index is 14.3. The van der Waals surface area contributed by atoms with Crippen LogP contribution in [0.5, 0.6) is 0 Å². The van der Waals surface area contributed by atoms with Gasteiger partial charge in [-0.05, 0) is 74.2 Å². The highest BCUT2D eigenvalue weighted by molar-refractivity contribution is 5.91. The minimum absolute atomic E-state index is 0.163. The van der Waals surface area contributed by atoms with Crippen LogP contribution in [0.3, 0.4) is 0 Å². The molecule has 2 saturated carbocycles. The summed E-state index contributed by atoms with van der Waals surface area (Å²) in [6.07, 6.45) is -3.25. The summed E-state index contributed by atoms with van der Waals surface area (Å²) in [5.74, 6) is -4.80. The summed E-state index contributed by atoms with van der Waals surface area (Å²) in [6.45, 7) is -0.305. The van der Waals surface area contributed by atoms with E-state index in [4.69, 9.17) is 52.1 Å². The third kappa shape index (κ3) is 9.91. The van der Waals surface area contributed by atoms with Crippen LogP contribution in [0.2, 0.25) is 0 Å². The lowest BCUT2D eigenvalue weighted by atomic mass is 9.94. The number of rotatable bonds is 12. The zero-order valence-corrected chi connectivity index (χ0v) is 36.9. The molecule has 4 saturated heterocycles. The molecule has 6 aliphatic rings. The van der Waals surface area contributed by atoms with Crippen molar-refractivity contribution in [1.29, 1.82) is 0 Å². The molecule has 1 unspecified atom stereocenters. The van der Waals surface area contributed by atoms with Gasteiger partial charge in [-0.1, -0.05) is 85.6 Å². The van der Waals surface area contributed by atoms with Crippen molar-refractivity contribution in [3.05, 3.63) is 144 Å². The van der Waals surface area contributed by atoms with E-state index in [0.717, 1.165) is 51.4 Å². The van der Waals surface area contributed by atoms with Crippen molar-refractivity contribution in [2.75, 3.05) is 13.2 Å². The van der Waals surface area contributed by atoms with Crippen LogP contribution in [-0.2, 0) is 52.1 Å². The first-order chi connectivity index (χ1) is 32.8. The summed E-state index contributed by atoms with van der Waals surface area (Å²) < 4.78 is 72.1. The van der Waals surface area contributed by atoms with E-state index in [2.05, 4.69) is 0 Å². The predicted octanol–water partition coefficient (Wildman–Crippen LogP) is 7.51. The number of fused-ring (bicyclic) bond motifs is 1. The van der Waals surface area contributed by atoms with Crippen LogP contribution >= 0.6 is 0 Å². The predicted molar refractivity (Wildman–Crippen MR) is 234 cm³/mol. The van der Waals surface area contributed by atoms with Gasteiger partial charge in [-0.2, -0.15) is 0 Å². The maximum atomic E-state index is 14.3. The van der Waals surface area contributed by atoms with Gasteiger partial charge in [0.25, 0.3) is 0 Å². The topological polar surface area (TPSA) is 170 Å². The number of esters is 4. The van der Waals surface area contributed by atoms with E-state index in [1.54, 1.807) is 121 Å². The van der Waals surface area contributed by atoms with Crippen LogP contribution in [0.4, 0.5) is 0 Å². The monoisotopic (exact) mass is 918 g/mol. The maximum Gasteiger partial charge on any atom is 0.338 e. The molecule has 352 valence electrons. The fraction of sp³-hybridized carbons (Fsp3) is 0.462. The van der Waals surface area contributed by atoms with Crippen molar-refractivity contribution in [2.24, 2.45) is 0 Å². The Morgan fingerprint density at radius 1 is 0.478 bits per heavy atom. The van der Waals surface area contributed by atoms with Gasteiger partial charge >= 0.3 is 23.9 Å². The highest BCUT2D eigenvalue weighted by Crippen LogP contribution is 2.49. The molecule has 4 aromatic rings. The highest BCUT2D eigenvalue weighted by atomic mass is 16.9. The first-order valence-corrected chi connectivity index (χ1v) is 23.4. The minimum atomic E-state index is -1.62. The second kappa shape index (κ2) is 20.0. The summed E-state index contributed by atoms with van der Waals surface area (Å²) in [4.78, 5) is 56.2. The largest absolute Gasteiger partial charge is 0.459 e. The van der Waals surface area contributed by atoms with Crippen LogP contribution in [-0.4, -0.2) is 110 Å².